The molecule has 0 fully saturated rings. The number of benzene rings is 1. The molecule has 0 unspecified atom stereocenters. The summed E-state index contributed by atoms with van der Waals surface area (Å²) in [5.74, 6) is 0. The number of unbranched alkanes of at least 4 members (excludes halogenated alkanes) is 1. The van der Waals surface area contributed by atoms with Gasteiger partial charge >= 0.3 is 0 Å². The van der Waals surface area contributed by atoms with Crippen LogP contribution >= 0.6 is 23.7 Å². The highest BCUT2D eigenvalue weighted by molar-refractivity contribution is 7.07. The van der Waals surface area contributed by atoms with Crippen molar-refractivity contribution in [1.29, 1.82) is 0 Å². The van der Waals surface area contributed by atoms with Gasteiger partial charge in [-0.05, 0) is 71.7 Å². The number of nitrogens with zero attached hydrogens (tertiary/aromatic N) is 1. The fraction of sp³-hybridized carbons (Fsp3) is 0.350. The molecule has 1 atom stereocenters. The van der Waals surface area contributed by atoms with Crippen molar-refractivity contribution in [2.75, 3.05) is 0 Å². The highest BCUT2D eigenvalue weighted by Gasteiger charge is 2.03. The summed E-state index contributed by atoms with van der Waals surface area (Å²) in [5.41, 5.74) is 2.83. The van der Waals surface area contributed by atoms with Crippen molar-refractivity contribution in [2.24, 2.45) is 0 Å². The topological polar surface area (TPSA) is 24.9 Å². The van der Waals surface area contributed by atoms with E-state index in [9.17, 15) is 0 Å². The van der Waals surface area contributed by atoms with Gasteiger partial charge in [-0.15, -0.1) is 12.4 Å². The van der Waals surface area contributed by atoms with E-state index in [1.54, 1.807) is 11.3 Å². The summed E-state index contributed by atoms with van der Waals surface area (Å²) in [5, 5.41) is 10.5. The van der Waals surface area contributed by atoms with E-state index in [-0.39, 0.29) is 12.4 Å². The average Bonchev–Trinajstić information content (AvgIpc) is 3.10. The Morgan fingerprint density at radius 3 is 2.83 bits per heavy atom. The number of rotatable bonds is 8. The number of thiophene rings is 1. The van der Waals surface area contributed by atoms with Gasteiger partial charge in [0, 0.05) is 30.4 Å². The second kappa shape index (κ2) is 9.77. The van der Waals surface area contributed by atoms with Crippen LogP contribution in [0.2, 0.25) is 0 Å². The van der Waals surface area contributed by atoms with E-state index in [1.165, 1.54) is 47.6 Å². The molecule has 0 aliphatic rings. The lowest BCUT2D eigenvalue weighted by Crippen LogP contribution is -2.25. The lowest BCUT2D eigenvalue weighted by atomic mass is 10.1. The predicted octanol–water partition coefficient (Wildman–Crippen LogP) is 5.61. The van der Waals surface area contributed by atoms with Crippen LogP contribution in [0.25, 0.3) is 10.8 Å². The summed E-state index contributed by atoms with van der Waals surface area (Å²) in [6, 6.07) is 11.5. The molecule has 0 aliphatic carbocycles. The number of aromatic nitrogens is 1. The van der Waals surface area contributed by atoms with Gasteiger partial charge in [0.25, 0.3) is 0 Å². The zero-order valence-corrected chi connectivity index (χ0v) is 15.7. The van der Waals surface area contributed by atoms with E-state index >= 15 is 0 Å². The average molecular weight is 361 g/mol. The molecular formula is C20H25ClN2S. The first-order valence-electron chi connectivity index (χ1n) is 8.38. The van der Waals surface area contributed by atoms with E-state index in [1.807, 2.05) is 12.4 Å². The summed E-state index contributed by atoms with van der Waals surface area (Å²) < 4.78 is 0. The van der Waals surface area contributed by atoms with Crippen LogP contribution in [0.15, 0.2) is 53.5 Å². The molecule has 0 saturated carbocycles. The Morgan fingerprint density at radius 2 is 2.00 bits per heavy atom. The second-order valence-electron chi connectivity index (χ2n) is 6.22. The van der Waals surface area contributed by atoms with Gasteiger partial charge in [0.1, 0.15) is 0 Å². The number of fused-ring (bicyclic) bond motifs is 1. The number of hydrogen-bond donors (Lipinski definition) is 1. The summed E-state index contributed by atoms with van der Waals surface area (Å²) >= 11 is 1.79. The summed E-state index contributed by atoms with van der Waals surface area (Å²) in [6.07, 6.45) is 8.80. The first-order chi connectivity index (χ1) is 11.3. The molecule has 2 nitrogen and oxygen atoms in total. The number of pyridine rings is 1. The largest absolute Gasteiger partial charge is 0.310 e. The number of halogens is 1. The molecule has 3 aromatic rings. The van der Waals surface area contributed by atoms with Crippen molar-refractivity contribution in [3.63, 3.8) is 0 Å². The Balaban J connectivity index is 0.00000208. The molecular weight excluding hydrogens is 336 g/mol. The molecule has 1 N–H and O–H groups in total. The first kappa shape index (κ1) is 18.9. The molecule has 0 amide bonds. The zero-order chi connectivity index (χ0) is 15.9. The second-order valence-corrected chi connectivity index (χ2v) is 7.00. The van der Waals surface area contributed by atoms with Gasteiger partial charge in [-0.1, -0.05) is 18.6 Å². The molecule has 1 aromatic carbocycles. The SMILES string of the molecule is C[C@H](CCCCc1ccsc1)NCc1ccc2cnccc2c1.Cl. The molecule has 0 spiro atoms. The minimum absolute atomic E-state index is 0. The maximum Gasteiger partial charge on any atom is 0.0346 e. The number of nitrogens with one attached hydrogen (secondary N) is 1. The Hall–Kier alpha value is -1.42. The molecule has 24 heavy (non-hydrogen) atoms. The summed E-state index contributed by atoms with van der Waals surface area (Å²) in [7, 11) is 0. The molecule has 128 valence electrons. The number of aryl methyl sites for hydroxylation is 1. The van der Waals surface area contributed by atoms with Crippen molar-refractivity contribution in [1.82, 2.24) is 10.3 Å². The van der Waals surface area contributed by atoms with E-state index in [0.717, 1.165) is 6.54 Å². The van der Waals surface area contributed by atoms with Crippen LogP contribution in [0.4, 0.5) is 0 Å². The maximum absolute atomic E-state index is 4.16. The van der Waals surface area contributed by atoms with Crippen molar-refractivity contribution >= 4 is 34.5 Å². The van der Waals surface area contributed by atoms with Crippen LogP contribution in [0, 0.1) is 0 Å². The maximum atomic E-state index is 4.16. The smallest absolute Gasteiger partial charge is 0.0346 e. The van der Waals surface area contributed by atoms with Crippen molar-refractivity contribution < 1.29 is 0 Å². The normalized spacial score (nSPS) is 12.0. The van der Waals surface area contributed by atoms with Crippen LogP contribution < -0.4 is 5.32 Å². The van der Waals surface area contributed by atoms with Crippen LogP contribution in [-0.2, 0) is 13.0 Å². The molecule has 2 aromatic heterocycles. The van der Waals surface area contributed by atoms with Gasteiger partial charge in [-0.2, -0.15) is 11.3 Å². The van der Waals surface area contributed by atoms with E-state index in [0.29, 0.717) is 6.04 Å². The molecule has 4 heteroatoms. The van der Waals surface area contributed by atoms with Crippen LogP contribution in [0.3, 0.4) is 0 Å². The molecule has 2 heterocycles. The van der Waals surface area contributed by atoms with Gasteiger partial charge in [0.2, 0.25) is 0 Å². The highest BCUT2D eigenvalue weighted by atomic mass is 35.5. The monoisotopic (exact) mass is 360 g/mol. The van der Waals surface area contributed by atoms with Crippen molar-refractivity contribution in [3.8, 4) is 0 Å². The highest BCUT2D eigenvalue weighted by Crippen LogP contribution is 2.15. The van der Waals surface area contributed by atoms with Gasteiger partial charge in [-0.3, -0.25) is 4.98 Å². The van der Waals surface area contributed by atoms with E-state index in [4.69, 9.17) is 0 Å². The Morgan fingerprint density at radius 1 is 1.08 bits per heavy atom. The van der Waals surface area contributed by atoms with Gasteiger partial charge in [0.05, 0.1) is 0 Å². The lowest BCUT2D eigenvalue weighted by Gasteiger charge is -2.14. The standard InChI is InChI=1S/C20H24N2S.ClH/c1-16(4-2-3-5-17-9-11-23-15-17)22-13-18-6-7-20-14-21-10-8-19(20)12-18;/h6-12,14-16,22H,2-5,13H2,1H3;1H/t16-;/m1./s1. The molecule has 0 saturated heterocycles. The minimum atomic E-state index is 0. The summed E-state index contributed by atoms with van der Waals surface area (Å²) in [6.45, 7) is 3.22. The van der Waals surface area contributed by atoms with Gasteiger partial charge in [0.15, 0.2) is 0 Å². The van der Waals surface area contributed by atoms with E-state index < -0.39 is 0 Å². The van der Waals surface area contributed by atoms with Crippen molar-refractivity contribution in [3.05, 3.63) is 64.6 Å². The summed E-state index contributed by atoms with van der Waals surface area (Å²) in [4.78, 5) is 4.16. The van der Waals surface area contributed by atoms with Crippen LogP contribution in [0.5, 0.6) is 0 Å². The quantitative estimate of drug-likeness (QED) is 0.528. The molecule has 0 aliphatic heterocycles. The fourth-order valence-electron chi connectivity index (χ4n) is 2.85. The third kappa shape index (κ3) is 5.59. The third-order valence-corrected chi connectivity index (χ3v) is 5.02. The molecule has 3 rings (SSSR count). The number of hydrogen-bond acceptors (Lipinski definition) is 3. The van der Waals surface area contributed by atoms with E-state index in [2.05, 4.69) is 58.3 Å². The Kier molecular flexibility index (Phi) is 7.70. The zero-order valence-electron chi connectivity index (χ0n) is 14.1. The Labute approximate surface area is 154 Å². The van der Waals surface area contributed by atoms with Gasteiger partial charge < -0.3 is 5.32 Å². The molecule has 0 radical (unpaired) electrons. The predicted molar refractivity (Wildman–Crippen MR) is 107 cm³/mol. The van der Waals surface area contributed by atoms with Gasteiger partial charge in [-0.25, -0.2) is 0 Å². The fourth-order valence-corrected chi connectivity index (χ4v) is 3.55. The lowest BCUT2D eigenvalue weighted by molar-refractivity contribution is 0.489. The third-order valence-electron chi connectivity index (χ3n) is 4.29. The molecule has 0 bridgehead atoms. The van der Waals surface area contributed by atoms with Crippen molar-refractivity contribution in [2.45, 2.75) is 45.2 Å². The van der Waals surface area contributed by atoms with Crippen LogP contribution in [-0.4, -0.2) is 11.0 Å². The minimum Gasteiger partial charge on any atom is -0.310 e. The Bertz CT molecular complexity index is 727. The first-order valence-corrected chi connectivity index (χ1v) is 9.32. The van der Waals surface area contributed by atoms with Crippen LogP contribution in [0.1, 0.15) is 37.3 Å².